The fraction of sp³-hybridized carbons (Fsp3) is 0.579. The van der Waals surface area contributed by atoms with E-state index in [1.165, 1.54) is 62.7 Å². The summed E-state index contributed by atoms with van der Waals surface area (Å²) in [6, 6.07) is 5.98. The van der Waals surface area contributed by atoms with Gasteiger partial charge in [-0.2, -0.15) is 0 Å². The monoisotopic (exact) mass is 599 g/mol. The van der Waals surface area contributed by atoms with Crippen LogP contribution in [-0.2, 0) is 16.1 Å². The van der Waals surface area contributed by atoms with E-state index in [2.05, 4.69) is 78.7 Å². The van der Waals surface area contributed by atoms with Crippen LogP contribution in [0.2, 0.25) is 5.02 Å². The number of benzene rings is 1. The lowest BCUT2D eigenvalue weighted by molar-refractivity contribution is -0.112. The molecule has 0 bridgehead atoms. The molecule has 0 radical (unpaired) electrons. The van der Waals surface area contributed by atoms with Gasteiger partial charge in [-0.15, -0.1) is 0 Å². The van der Waals surface area contributed by atoms with Crippen LogP contribution in [0.5, 0.6) is 0 Å². The lowest BCUT2D eigenvalue weighted by atomic mass is 9.88. The molecular weight excluding hydrogens is 538 g/mol. The summed E-state index contributed by atoms with van der Waals surface area (Å²) in [6.07, 6.45) is 16.9. The standard InChI is InChI=1S/C20H20ClNO.C6H14.C4H6O.2C3H8.C2H6/c1-13-20(17-5-3-2-4-16(17)14-6-7-14)18-12-15(21)8-9-19(18)22(13)10-11-23;1-4-6(3)5-2;1-3-4(2)5;2*1-3-2;1-2/h3,5,8-9,11-12,14H,2,4,6-7,10H2,1H3;6H,4-5H2,1-3H3;3H,1H2,2H3;2*3H2,1-2H3;1-2H3. The van der Waals surface area contributed by atoms with Crippen LogP contribution >= 0.6 is 11.6 Å². The number of hydrogen-bond acceptors (Lipinski definition) is 2. The van der Waals surface area contributed by atoms with Gasteiger partial charge in [-0.25, -0.2) is 0 Å². The van der Waals surface area contributed by atoms with E-state index in [1.807, 2.05) is 32.0 Å². The average Bonchev–Trinajstić information content (AvgIpc) is 3.81. The first-order valence-corrected chi connectivity index (χ1v) is 16.7. The van der Waals surface area contributed by atoms with Gasteiger partial charge in [0, 0.05) is 27.2 Å². The van der Waals surface area contributed by atoms with Crippen molar-refractivity contribution in [1.82, 2.24) is 4.57 Å². The molecular formula is C38H62ClNO2. The van der Waals surface area contributed by atoms with E-state index in [1.54, 1.807) is 5.57 Å². The highest BCUT2D eigenvalue weighted by molar-refractivity contribution is 6.31. The second-order valence-corrected chi connectivity index (χ2v) is 11.1. The van der Waals surface area contributed by atoms with Gasteiger partial charge in [0.25, 0.3) is 0 Å². The van der Waals surface area contributed by atoms with Crippen molar-refractivity contribution in [2.45, 2.75) is 134 Å². The predicted octanol–water partition coefficient (Wildman–Crippen LogP) is 12.4. The Kier molecular flexibility index (Phi) is 25.0. The number of hydrogen-bond donors (Lipinski definition) is 0. The van der Waals surface area contributed by atoms with Crippen LogP contribution < -0.4 is 0 Å². The summed E-state index contributed by atoms with van der Waals surface area (Å²) in [5, 5.41) is 1.91. The SMILES string of the molecule is C=CC(C)=O.CC.CCC.CCC.CCC(C)CC.Cc1c(C2=C(C3CC3)CCC=C2)c2cc(Cl)ccc2n1CC=O. The Hall–Kier alpha value is -2.39. The molecule has 2 aromatic rings. The predicted molar refractivity (Wildman–Crippen MR) is 190 cm³/mol. The molecule has 1 heterocycles. The summed E-state index contributed by atoms with van der Waals surface area (Å²) in [4.78, 5) is 20.8. The van der Waals surface area contributed by atoms with E-state index in [0.717, 1.165) is 52.6 Å². The number of allylic oxidation sites excluding steroid dienone is 5. The summed E-state index contributed by atoms with van der Waals surface area (Å²) in [7, 11) is 0. The molecule has 0 aliphatic heterocycles. The Balaban J connectivity index is 0. The molecule has 0 N–H and O–H groups in total. The van der Waals surface area contributed by atoms with Gasteiger partial charge < -0.3 is 9.36 Å². The first-order valence-electron chi connectivity index (χ1n) is 16.4. The molecule has 4 heteroatoms. The van der Waals surface area contributed by atoms with Crippen molar-refractivity contribution in [3.05, 3.63) is 64.9 Å². The maximum Gasteiger partial charge on any atom is 0.152 e. The van der Waals surface area contributed by atoms with Crippen molar-refractivity contribution in [1.29, 1.82) is 0 Å². The van der Waals surface area contributed by atoms with Gasteiger partial charge in [-0.05, 0) is 81.2 Å². The van der Waals surface area contributed by atoms with Gasteiger partial charge in [0.2, 0.25) is 0 Å². The highest BCUT2D eigenvalue weighted by Crippen LogP contribution is 2.46. The van der Waals surface area contributed by atoms with Crippen molar-refractivity contribution in [2.75, 3.05) is 0 Å². The summed E-state index contributed by atoms with van der Waals surface area (Å²) < 4.78 is 2.11. The van der Waals surface area contributed by atoms with Crippen LogP contribution in [0, 0.1) is 18.8 Å². The normalized spacial score (nSPS) is 13.1. The highest BCUT2D eigenvalue weighted by atomic mass is 35.5. The topological polar surface area (TPSA) is 39.1 Å². The first-order chi connectivity index (χ1) is 20.1. The van der Waals surface area contributed by atoms with Crippen LogP contribution in [0.25, 0.3) is 16.5 Å². The summed E-state index contributed by atoms with van der Waals surface area (Å²) in [5.74, 6) is 1.72. The number of rotatable bonds is 7. The summed E-state index contributed by atoms with van der Waals surface area (Å²) in [5.41, 5.74) is 6.49. The minimum atomic E-state index is 0.0185. The molecule has 4 rings (SSSR count). The third-order valence-electron chi connectivity index (χ3n) is 6.77. The molecule has 3 nitrogen and oxygen atoms in total. The largest absolute Gasteiger partial charge is 0.337 e. The molecule has 1 aromatic heterocycles. The highest BCUT2D eigenvalue weighted by Gasteiger charge is 2.30. The zero-order chi connectivity index (χ0) is 32.7. The smallest absolute Gasteiger partial charge is 0.152 e. The Morgan fingerprint density at radius 3 is 2.00 bits per heavy atom. The third kappa shape index (κ3) is 15.2. The first kappa shape index (κ1) is 41.7. The minimum absolute atomic E-state index is 0.0185. The van der Waals surface area contributed by atoms with E-state index >= 15 is 0 Å². The van der Waals surface area contributed by atoms with Crippen molar-refractivity contribution in [2.24, 2.45) is 11.8 Å². The average molecular weight is 600 g/mol. The lowest BCUT2D eigenvalue weighted by Gasteiger charge is -2.17. The van der Waals surface area contributed by atoms with E-state index in [-0.39, 0.29) is 5.78 Å². The van der Waals surface area contributed by atoms with Crippen LogP contribution in [0.1, 0.15) is 132 Å². The van der Waals surface area contributed by atoms with E-state index in [4.69, 9.17) is 11.6 Å². The van der Waals surface area contributed by atoms with Crippen LogP contribution in [0.3, 0.4) is 0 Å². The number of carbonyl (C=O) groups is 2. The molecule has 0 amide bonds. The lowest BCUT2D eigenvalue weighted by Crippen LogP contribution is -2.03. The van der Waals surface area contributed by atoms with Crippen LogP contribution in [0.15, 0.2) is 48.6 Å². The fourth-order valence-corrected chi connectivity index (χ4v) is 4.35. The molecule has 0 saturated heterocycles. The summed E-state index contributed by atoms with van der Waals surface area (Å²) >= 11 is 6.27. The molecule has 2 aliphatic rings. The zero-order valence-electron chi connectivity index (χ0n) is 28.9. The van der Waals surface area contributed by atoms with Gasteiger partial charge in [-0.3, -0.25) is 4.79 Å². The second-order valence-electron chi connectivity index (χ2n) is 10.7. The quantitative estimate of drug-likeness (QED) is 0.234. The Labute approximate surface area is 264 Å². The molecule has 1 saturated carbocycles. The molecule has 2 aliphatic carbocycles. The zero-order valence-corrected chi connectivity index (χ0v) is 29.7. The Bertz CT molecular complexity index is 1100. The van der Waals surface area contributed by atoms with Crippen molar-refractivity contribution in [3.8, 4) is 0 Å². The molecule has 0 unspecified atom stereocenters. The fourth-order valence-electron chi connectivity index (χ4n) is 4.17. The van der Waals surface area contributed by atoms with Gasteiger partial charge in [0.1, 0.15) is 6.29 Å². The maximum atomic E-state index is 11.1. The summed E-state index contributed by atoms with van der Waals surface area (Å²) in [6.45, 7) is 26.4. The molecule has 1 aromatic carbocycles. The van der Waals surface area contributed by atoms with Gasteiger partial charge in [-0.1, -0.05) is 124 Å². The molecule has 0 spiro atoms. The molecule has 1 fully saturated rings. The van der Waals surface area contributed by atoms with Crippen LogP contribution in [-0.4, -0.2) is 16.6 Å². The van der Waals surface area contributed by atoms with E-state index in [0.29, 0.717) is 6.54 Å². The second kappa shape index (κ2) is 25.1. The van der Waals surface area contributed by atoms with Gasteiger partial charge >= 0.3 is 0 Å². The molecule has 238 valence electrons. The van der Waals surface area contributed by atoms with Gasteiger partial charge in [0.15, 0.2) is 5.78 Å². The Morgan fingerprint density at radius 2 is 1.60 bits per heavy atom. The number of nitrogens with zero attached hydrogens (tertiary/aromatic N) is 1. The van der Waals surface area contributed by atoms with Crippen LogP contribution in [0.4, 0.5) is 0 Å². The van der Waals surface area contributed by atoms with Crippen molar-refractivity contribution < 1.29 is 9.59 Å². The van der Waals surface area contributed by atoms with E-state index in [9.17, 15) is 9.59 Å². The minimum Gasteiger partial charge on any atom is -0.337 e. The number of aldehydes is 1. The maximum absolute atomic E-state index is 11.1. The third-order valence-corrected chi connectivity index (χ3v) is 7.01. The van der Waals surface area contributed by atoms with Gasteiger partial charge in [0.05, 0.1) is 6.54 Å². The van der Waals surface area contributed by atoms with E-state index < -0.39 is 0 Å². The number of aromatic nitrogens is 1. The number of halogens is 1. The molecule has 0 atom stereocenters. The van der Waals surface area contributed by atoms with Crippen molar-refractivity contribution in [3.63, 3.8) is 0 Å². The molecule has 42 heavy (non-hydrogen) atoms. The number of fused-ring (bicyclic) bond motifs is 1. The number of ketones is 1. The van der Waals surface area contributed by atoms with Crippen molar-refractivity contribution >= 4 is 40.1 Å². The number of carbonyl (C=O) groups excluding carboxylic acids is 2. The Morgan fingerprint density at radius 1 is 1.07 bits per heavy atom.